The lowest BCUT2D eigenvalue weighted by atomic mass is 9.86. The molecule has 0 fully saturated rings. The molecule has 0 aromatic rings. The lowest BCUT2D eigenvalue weighted by Crippen LogP contribution is -2.51. The number of aliphatic carboxylic acids is 1. The fourth-order valence-electron chi connectivity index (χ4n) is 2.11. The molecule has 0 bridgehead atoms. The van der Waals surface area contributed by atoms with E-state index in [1.54, 1.807) is 27.7 Å². The van der Waals surface area contributed by atoms with Crippen molar-refractivity contribution >= 4 is 32.1 Å². The number of rotatable bonds is 13. The summed E-state index contributed by atoms with van der Waals surface area (Å²) in [5.74, 6) is -3.46. The van der Waals surface area contributed by atoms with Crippen molar-refractivity contribution in [2.45, 2.75) is 52.6 Å². The molecular formula is C15H30N2O9S2. The molecule has 11 nitrogen and oxygen atoms in total. The van der Waals surface area contributed by atoms with Crippen LogP contribution in [0.5, 0.6) is 0 Å². The van der Waals surface area contributed by atoms with Crippen molar-refractivity contribution in [1.29, 1.82) is 0 Å². The zero-order valence-electron chi connectivity index (χ0n) is 16.4. The Morgan fingerprint density at radius 1 is 1.14 bits per heavy atom. The Kier molecular flexibility index (Phi) is 10.0. The van der Waals surface area contributed by atoms with E-state index in [1.807, 2.05) is 0 Å². The van der Waals surface area contributed by atoms with Crippen molar-refractivity contribution < 1.29 is 40.3 Å². The highest BCUT2D eigenvalue weighted by Crippen LogP contribution is 2.24. The zero-order valence-corrected chi connectivity index (χ0v) is 18.0. The van der Waals surface area contributed by atoms with Gasteiger partial charge < -0.3 is 16.2 Å². The fourth-order valence-corrected chi connectivity index (χ4v) is 3.91. The van der Waals surface area contributed by atoms with Crippen LogP contribution in [0.15, 0.2) is 0 Å². The highest BCUT2D eigenvalue weighted by Gasteiger charge is 2.32. The van der Waals surface area contributed by atoms with Crippen LogP contribution in [-0.4, -0.2) is 68.6 Å². The van der Waals surface area contributed by atoms with Crippen molar-refractivity contribution in [1.82, 2.24) is 5.32 Å². The second-order valence-corrected chi connectivity index (χ2v) is 11.0. The normalized spacial score (nSPS) is 15.2. The summed E-state index contributed by atoms with van der Waals surface area (Å²) >= 11 is 0. The summed E-state index contributed by atoms with van der Waals surface area (Å²) in [6.07, 6.45) is -0.470. The number of amides is 1. The molecule has 0 aliphatic rings. The fraction of sp³-hybridized carbons (Fsp3) is 0.867. The second kappa shape index (κ2) is 10.5. The summed E-state index contributed by atoms with van der Waals surface area (Å²) in [7, 11) is -8.35. The number of carbonyl (C=O) groups excluding carboxylic acids is 1. The maximum atomic E-state index is 12.0. The SMILES string of the molecule is CC(C)[C@H](N)C(=O)N[C@H](CC(C)(C)COS(=O)(=O)CCCS(=O)(=O)O)C(=O)O. The first-order valence-corrected chi connectivity index (χ1v) is 11.8. The van der Waals surface area contributed by atoms with Crippen LogP contribution >= 0.6 is 0 Å². The third-order valence-electron chi connectivity index (χ3n) is 3.82. The van der Waals surface area contributed by atoms with E-state index in [1.165, 1.54) is 0 Å². The van der Waals surface area contributed by atoms with Gasteiger partial charge in [0, 0.05) is 0 Å². The number of nitrogens with two attached hydrogens (primary N) is 1. The number of carbonyl (C=O) groups is 2. The van der Waals surface area contributed by atoms with Gasteiger partial charge in [-0.15, -0.1) is 0 Å². The van der Waals surface area contributed by atoms with Gasteiger partial charge in [0.15, 0.2) is 0 Å². The van der Waals surface area contributed by atoms with Crippen molar-refractivity contribution in [3.8, 4) is 0 Å². The third kappa shape index (κ3) is 11.5. The molecule has 0 saturated heterocycles. The van der Waals surface area contributed by atoms with Gasteiger partial charge >= 0.3 is 5.97 Å². The molecule has 0 aliphatic heterocycles. The van der Waals surface area contributed by atoms with Gasteiger partial charge in [-0.3, -0.25) is 13.5 Å². The Morgan fingerprint density at radius 3 is 2.11 bits per heavy atom. The summed E-state index contributed by atoms with van der Waals surface area (Å²) < 4.78 is 58.3. The first-order valence-electron chi connectivity index (χ1n) is 8.57. The maximum Gasteiger partial charge on any atom is 0.326 e. The predicted molar refractivity (Wildman–Crippen MR) is 102 cm³/mol. The van der Waals surface area contributed by atoms with Crippen LogP contribution in [0.2, 0.25) is 0 Å². The van der Waals surface area contributed by atoms with Crippen LogP contribution in [0.4, 0.5) is 0 Å². The number of carboxylic acids is 1. The minimum Gasteiger partial charge on any atom is -0.480 e. The Morgan fingerprint density at radius 2 is 1.68 bits per heavy atom. The van der Waals surface area contributed by atoms with Gasteiger partial charge in [0.25, 0.3) is 20.2 Å². The number of hydrogen-bond donors (Lipinski definition) is 4. The minimum absolute atomic E-state index is 0.126. The van der Waals surface area contributed by atoms with Gasteiger partial charge in [-0.1, -0.05) is 27.7 Å². The molecule has 5 N–H and O–H groups in total. The molecule has 166 valence electrons. The van der Waals surface area contributed by atoms with E-state index in [2.05, 4.69) is 5.32 Å². The topological polar surface area (TPSA) is 190 Å². The van der Waals surface area contributed by atoms with E-state index in [-0.39, 0.29) is 25.4 Å². The molecule has 0 unspecified atom stereocenters. The van der Waals surface area contributed by atoms with E-state index in [0.29, 0.717) is 0 Å². The van der Waals surface area contributed by atoms with Crippen molar-refractivity contribution in [2.24, 2.45) is 17.1 Å². The van der Waals surface area contributed by atoms with Gasteiger partial charge in [0.1, 0.15) is 6.04 Å². The molecule has 0 aromatic carbocycles. The third-order valence-corrected chi connectivity index (χ3v) is 5.89. The average Bonchev–Trinajstić information content (AvgIpc) is 2.49. The number of carboxylic acid groups (broad SMARTS) is 1. The van der Waals surface area contributed by atoms with E-state index in [9.17, 15) is 31.5 Å². The summed E-state index contributed by atoms with van der Waals surface area (Å²) in [4.78, 5) is 23.5. The molecule has 0 aromatic heterocycles. The zero-order chi connectivity index (χ0) is 22.3. The van der Waals surface area contributed by atoms with Gasteiger partial charge in [-0.2, -0.15) is 16.8 Å². The van der Waals surface area contributed by atoms with Gasteiger partial charge in [-0.05, 0) is 24.2 Å². The summed E-state index contributed by atoms with van der Waals surface area (Å²) in [6.45, 7) is 6.17. The molecule has 0 saturated carbocycles. The quantitative estimate of drug-likeness (QED) is 0.213. The monoisotopic (exact) mass is 446 g/mol. The average molecular weight is 447 g/mol. The Hall–Kier alpha value is -1.28. The van der Waals surface area contributed by atoms with E-state index >= 15 is 0 Å². The maximum absolute atomic E-state index is 12.0. The Balaban J connectivity index is 4.84. The van der Waals surface area contributed by atoms with Crippen LogP contribution in [0.1, 0.15) is 40.5 Å². The predicted octanol–water partition coefficient (Wildman–Crippen LogP) is -0.420. The minimum atomic E-state index is -4.28. The van der Waals surface area contributed by atoms with Gasteiger partial charge in [-0.25, -0.2) is 4.79 Å². The van der Waals surface area contributed by atoms with Gasteiger partial charge in [0.05, 0.1) is 24.2 Å². The molecule has 0 radical (unpaired) electrons. The highest BCUT2D eigenvalue weighted by molar-refractivity contribution is 7.87. The summed E-state index contributed by atoms with van der Waals surface area (Å²) in [5.41, 5.74) is 4.75. The van der Waals surface area contributed by atoms with Crippen LogP contribution in [0.25, 0.3) is 0 Å². The van der Waals surface area contributed by atoms with E-state index in [0.717, 1.165) is 0 Å². The molecule has 1 amide bonds. The van der Waals surface area contributed by atoms with Crippen molar-refractivity contribution in [3.63, 3.8) is 0 Å². The molecule has 0 heterocycles. The number of hydrogen-bond acceptors (Lipinski definition) is 8. The molecule has 28 heavy (non-hydrogen) atoms. The molecule has 0 aliphatic carbocycles. The molecule has 0 spiro atoms. The van der Waals surface area contributed by atoms with E-state index < -0.39 is 61.1 Å². The number of nitrogens with one attached hydrogen (secondary N) is 1. The standard InChI is InChI=1S/C15H30N2O9S2/c1-10(2)12(16)13(18)17-11(14(19)20)8-15(3,4)9-26-28(24,25)7-5-6-27(21,22)23/h10-12H,5-9,16H2,1-4H3,(H,17,18)(H,19,20)(H,21,22,23)/t11-,12+/m1/s1. The Bertz CT molecular complexity index is 745. The van der Waals surface area contributed by atoms with Crippen molar-refractivity contribution in [3.05, 3.63) is 0 Å². The first kappa shape index (κ1) is 26.7. The summed E-state index contributed by atoms with van der Waals surface area (Å²) in [5, 5.41) is 11.7. The lowest BCUT2D eigenvalue weighted by molar-refractivity contribution is -0.143. The van der Waals surface area contributed by atoms with Crippen LogP contribution < -0.4 is 11.1 Å². The second-order valence-electron chi connectivity index (χ2n) is 7.70. The van der Waals surface area contributed by atoms with Crippen LogP contribution in [0, 0.1) is 11.3 Å². The smallest absolute Gasteiger partial charge is 0.326 e. The highest BCUT2D eigenvalue weighted by atomic mass is 32.2. The van der Waals surface area contributed by atoms with Crippen molar-refractivity contribution in [2.75, 3.05) is 18.1 Å². The largest absolute Gasteiger partial charge is 0.480 e. The van der Waals surface area contributed by atoms with Crippen LogP contribution in [0.3, 0.4) is 0 Å². The van der Waals surface area contributed by atoms with Gasteiger partial charge in [0.2, 0.25) is 5.91 Å². The molecule has 2 atom stereocenters. The van der Waals surface area contributed by atoms with E-state index in [4.69, 9.17) is 14.5 Å². The Labute approximate surface area is 165 Å². The van der Waals surface area contributed by atoms with Crippen LogP contribution in [-0.2, 0) is 34.0 Å². The first-order chi connectivity index (χ1) is 12.5. The molecule has 13 heteroatoms. The summed E-state index contributed by atoms with van der Waals surface area (Å²) in [6, 6.07) is -2.18. The lowest BCUT2D eigenvalue weighted by Gasteiger charge is -2.28. The molecular weight excluding hydrogens is 416 g/mol. The molecule has 0 rings (SSSR count).